The fourth-order valence-electron chi connectivity index (χ4n) is 1.54. The molecule has 0 aliphatic heterocycles. The smallest absolute Gasteiger partial charge is 0.223 e. The number of nitrogens with zero attached hydrogens (tertiary/aromatic N) is 4. The zero-order valence-electron chi connectivity index (χ0n) is 9.67. The molecule has 1 aliphatic rings. The van der Waals surface area contributed by atoms with Crippen LogP contribution in [0.3, 0.4) is 0 Å². The van der Waals surface area contributed by atoms with Gasteiger partial charge in [-0.25, -0.2) is 9.97 Å². The zero-order valence-corrected chi connectivity index (χ0v) is 9.67. The Labute approximate surface area is 104 Å². The minimum Gasteiger partial charge on any atom is -0.368 e. The molecule has 0 atom stereocenters. The van der Waals surface area contributed by atoms with Gasteiger partial charge in [-0.2, -0.15) is 9.97 Å². The summed E-state index contributed by atoms with van der Waals surface area (Å²) in [4.78, 5) is 16.2. The van der Waals surface area contributed by atoms with Crippen molar-refractivity contribution in [2.75, 3.05) is 16.4 Å². The Morgan fingerprint density at radius 2 is 2.00 bits per heavy atom. The lowest BCUT2D eigenvalue weighted by Crippen LogP contribution is -2.07. The molecule has 0 spiro atoms. The first-order valence-corrected chi connectivity index (χ1v) is 5.74. The molecule has 2 aromatic rings. The molecule has 7 nitrogen and oxygen atoms in total. The van der Waals surface area contributed by atoms with Gasteiger partial charge in [0.05, 0.1) is 0 Å². The first-order chi connectivity index (χ1) is 8.79. The number of hydrogen-bond donors (Lipinski definition) is 3. The molecular formula is C11H13N7. The van der Waals surface area contributed by atoms with E-state index in [9.17, 15) is 0 Å². The number of aromatic nitrogens is 4. The first-order valence-electron chi connectivity index (χ1n) is 5.74. The van der Waals surface area contributed by atoms with Gasteiger partial charge in [-0.1, -0.05) is 0 Å². The Hall–Kier alpha value is -2.44. The molecule has 0 amide bonds. The van der Waals surface area contributed by atoms with E-state index >= 15 is 0 Å². The predicted molar refractivity (Wildman–Crippen MR) is 68.4 cm³/mol. The van der Waals surface area contributed by atoms with Gasteiger partial charge in [0, 0.05) is 18.3 Å². The van der Waals surface area contributed by atoms with Crippen LogP contribution < -0.4 is 16.4 Å². The normalized spacial score (nSPS) is 14.2. The van der Waals surface area contributed by atoms with Crippen molar-refractivity contribution in [2.24, 2.45) is 0 Å². The second-order valence-corrected chi connectivity index (χ2v) is 4.13. The fraction of sp³-hybridized carbons (Fsp3) is 0.273. The molecule has 1 saturated carbocycles. The Morgan fingerprint density at radius 3 is 2.72 bits per heavy atom. The van der Waals surface area contributed by atoms with Gasteiger partial charge in [0.2, 0.25) is 5.95 Å². The van der Waals surface area contributed by atoms with Gasteiger partial charge < -0.3 is 16.4 Å². The van der Waals surface area contributed by atoms with E-state index in [1.807, 2.05) is 6.07 Å². The van der Waals surface area contributed by atoms with Crippen molar-refractivity contribution >= 4 is 23.4 Å². The van der Waals surface area contributed by atoms with Crippen LogP contribution in [0.1, 0.15) is 12.8 Å². The van der Waals surface area contributed by atoms with E-state index in [-0.39, 0.29) is 5.95 Å². The molecule has 7 heteroatoms. The van der Waals surface area contributed by atoms with Gasteiger partial charge in [0.25, 0.3) is 0 Å². The summed E-state index contributed by atoms with van der Waals surface area (Å²) >= 11 is 0. The van der Waals surface area contributed by atoms with E-state index in [0.29, 0.717) is 17.7 Å². The molecule has 3 rings (SSSR count). The Kier molecular flexibility index (Phi) is 2.64. The summed E-state index contributed by atoms with van der Waals surface area (Å²) in [7, 11) is 0. The van der Waals surface area contributed by atoms with Gasteiger partial charge >= 0.3 is 0 Å². The van der Waals surface area contributed by atoms with Crippen LogP contribution >= 0.6 is 0 Å². The Bertz CT molecular complexity index is 538. The molecule has 4 N–H and O–H groups in total. The molecule has 18 heavy (non-hydrogen) atoms. The predicted octanol–water partition coefficient (Wildman–Crippen LogP) is 1.17. The third kappa shape index (κ3) is 2.62. The molecule has 2 aromatic heterocycles. The minimum atomic E-state index is 0.234. The SMILES string of the molecule is Nc1nc(Nc2ccncn2)cc(NC2CC2)n1. The summed E-state index contributed by atoms with van der Waals surface area (Å²) in [6.45, 7) is 0. The van der Waals surface area contributed by atoms with Crippen LogP contribution in [0.2, 0.25) is 0 Å². The van der Waals surface area contributed by atoms with Gasteiger partial charge in [-0.15, -0.1) is 0 Å². The molecule has 1 fully saturated rings. The maximum absolute atomic E-state index is 5.67. The fourth-order valence-corrected chi connectivity index (χ4v) is 1.54. The van der Waals surface area contributed by atoms with Crippen molar-refractivity contribution < 1.29 is 0 Å². The van der Waals surface area contributed by atoms with E-state index < -0.39 is 0 Å². The highest BCUT2D eigenvalue weighted by atomic mass is 15.2. The van der Waals surface area contributed by atoms with Crippen LogP contribution in [-0.2, 0) is 0 Å². The largest absolute Gasteiger partial charge is 0.368 e. The van der Waals surface area contributed by atoms with E-state index in [0.717, 1.165) is 5.82 Å². The molecule has 0 unspecified atom stereocenters. The summed E-state index contributed by atoms with van der Waals surface area (Å²) in [6.07, 6.45) is 5.48. The Morgan fingerprint density at radius 1 is 1.17 bits per heavy atom. The molecule has 0 saturated heterocycles. The van der Waals surface area contributed by atoms with Crippen molar-refractivity contribution in [3.63, 3.8) is 0 Å². The zero-order chi connectivity index (χ0) is 12.4. The number of anilines is 4. The second-order valence-electron chi connectivity index (χ2n) is 4.13. The van der Waals surface area contributed by atoms with E-state index in [4.69, 9.17) is 5.73 Å². The topological polar surface area (TPSA) is 102 Å². The van der Waals surface area contributed by atoms with Crippen LogP contribution in [0.25, 0.3) is 0 Å². The van der Waals surface area contributed by atoms with Crippen LogP contribution in [0.5, 0.6) is 0 Å². The lowest BCUT2D eigenvalue weighted by Gasteiger charge is -2.08. The molecule has 0 bridgehead atoms. The summed E-state index contributed by atoms with van der Waals surface area (Å²) in [5, 5.41) is 6.34. The highest BCUT2D eigenvalue weighted by Crippen LogP contribution is 2.25. The van der Waals surface area contributed by atoms with Crippen molar-refractivity contribution in [3.8, 4) is 0 Å². The van der Waals surface area contributed by atoms with Gasteiger partial charge in [0.1, 0.15) is 23.8 Å². The first kappa shape index (κ1) is 10.7. The number of nitrogens with one attached hydrogen (secondary N) is 2. The summed E-state index contributed by atoms with van der Waals surface area (Å²) < 4.78 is 0. The van der Waals surface area contributed by atoms with Gasteiger partial charge in [-0.3, -0.25) is 0 Å². The third-order valence-corrected chi connectivity index (χ3v) is 2.51. The Balaban J connectivity index is 1.80. The maximum atomic E-state index is 5.67. The van der Waals surface area contributed by atoms with Crippen molar-refractivity contribution in [1.82, 2.24) is 19.9 Å². The van der Waals surface area contributed by atoms with Crippen LogP contribution in [0.15, 0.2) is 24.7 Å². The quantitative estimate of drug-likeness (QED) is 0.740. The van der Waals surface area contributed by atoms with Crippen molar-refractivity contribution in [3.05, 3.63) is 24.7 Å². The standard InChI is InChI=1S/C11H13N7/c12-11-17-9(15-7-1-2-7)5-10(18-11)16-8-3-4-13-6-14-8/h3-7H,1-2H2,(H4,12,13,14,15,16,17,18). The van der Waals surface area contributed by atoms with Crippen LogP contribution in [0.4, 0.5) is 23.4 Å². The van der Waals surface area contributed by atoms with Gasteiger partial charge in [-0.05, 0) is 18.9 Å². The molecule has 92 valence electrons. The van der Waals surface area contributed by atoms with E-state index in [2.05, 4.69) is 30.6 Å². The lowest BCUT2D eigenvalue weighted by atomic mass is 10.4. The van der Waals surface area contributed by atoms with Crippen molar-refractivity contribution in [1.29, 1.82) is 0 Å². The number of nitrogens with two attached hydrogens (primary N) is 1. The number of nitrogen functional groups attached to an aromatic ring is 1. The average Bonchev–Trinajstić information content (AvgIpc) is 3.13. The number of hydrogen-bond acceptors (Lipinski definition) is 7. The second kappa shape index (κ2) is 4.44. The maximum Gasteiger partial charge on any atom is 0.223 e. The monoisotopic (exact) mass is 243 g/mol. The molecule has 0 aromatic carbocycles. The highest BCUT2D eigenvalue weighted by molar-refractivity contribution is 5.58. The van der Waals surface area contributed by atoms with E-state index in [1.54, 1.807) is 12.3 Å². The van der Waals surface area contributed by atoms with Gasteiger partial charge in [0.15, 0.2) is 0 Å². The average molecular weight is 243 g/mol. The minimum absolute atomic E-state index is 0.234. The van der Waals surface area contributed by atoms with E-state index in [1.165, 1.54) is 19.2 Å². The third-order valence-electron chi connectivity index (χ3n) is 2.51. The highest BCUT2D eigenvalue weighted by Gasteiger charge is 2.21. The van der Waals surface area contributed by atoms with Crippen LogP contribution in [-0.4, -0.2) is 26.0 Å². The molecule has 0 radical (unpaired) electrons. The van der Waals surface area contributed by atoms with Crippen molar-refractivity contribution in [2.45, 2.75) is 18.9 Å². The molecular weight excluding hydrogens is 230 g/mol. The molecule has 1 aliphatic carbocycles. The summed E-state index contributed by atoms with van der Waals surface area (Å²) in [6, 6.07) is 4.09. The lowest BCUT2D eigenvalue weighted by molar-refractivity contribution is 1.09. The van der Waals surface area contributed by atoms with Crippen LogP contribution in [0, 0.1) is 0 Å². The summed E-state index contributed by atoms with van der Waals surface area (Å²) in [5.41, 5.74) is 5.67. The summed E-state index contributed by atoms with van der Waals surface area (Å²) in [5.74, 6) is 2.25. The molecule has 2 heterocycles. The number of rotatable bonds is 4.